The monoisotopic (exact) mass is 352 g/mol. The first kappa shape index (κ1) is 16.7. The number of alkyl halides is 3. The Bertz CT molecular complexity index is 875. The van der Waals surface area contributed by atoms with Gasteiger partial charge in [-0.25, -0.2) is 4.98 Å². The van der Waals surface area contributed by atoms with E-state index in [9.17, 15) is 13.2 Å². The predicted octanol–water partition coefficient (Wildman–Crippen LogP) is 3.18. The van der Waals surface area contributed by atoms with E-state index in [0.717, 1.165) is 5.52 Å². The van der Waals surface area contributed by atoms with E-state index >= 15 is 0 Å². The average molecular weight is 352 g/mol. The van der Waals surface area contributed by atoms with Crippen LogP contribution in [0.2, 0.25) is 0 Å². The molecular weight excluding hydrogens is 337 g/mol. The molecule has 0 aliphatic carbocycles. The van der Waals surface area contributed by atoms with Gasteiger partial charge in [-0.05, 0) is 42.5 Å². The zero-order valence-electron chi connectivity index (χ0n) is 13.0. The van der Waals surface area contributed by atoms with Crippen LogP contribution in [0.3, 0.4) is 0 Å². The normalized spacial score (nSPS) is 11.6. The fourth-order valence-corrected chi connectivity index (χ4v) is 2.39. The van der Waals surface area contributed by atoms with Gasteiger partial charge < -0.3 is 25.5 Å². The molecule has 1 aromatic heterocycles. The second-order valence-electron chi connectivity index (χ2n) is 5.24. The van der Waals surface area contributed by atoms with Gasteiger partial charge >= 0.3 is 6.36 Å². The molecule has 132 valence electrons. The average Bonchev–Trinajstić information content (AvgIpc) is 2.82. The first-order valence-electron chi connectivity index (χ1n) is 7.32. The van der Waals surface area contributed by atoms with E-state index in [1.165, 1.54) is 24.3 Å². The number of fused-ring (bicyclic) bond motifs is 1. The van der Waals surface area contributed by atoms with Gasteiger partial charge in [-0.3, -0.25) is 0 Å². The minimum Gasteiger partial charge on any atom is -0.492 e. The summed E-state index contributed by atoms with van der Waals surface area (Å²) >= 11 is 0. The van der Waals surface area contributed by atoms with Gasteiger partial charge in [0.05, 0.1) is 17.6 Å². The Balaban J connectivity index is 1.62. The van der Waals surface area contributed by atoms with Crippen molar-refractivity contribution in [3.63, 3.8) is 0 Å². The molecule has 3 aromatic rings. The second-order valence-corrected chi connectivity index (χ2v) is 5.24. The fraction of sp³-hybridized carbons (Fsp3) is 0.188. The lowest BCUT2D eigenvalue weighted by Gasteiger charge is -2.11. The van der Waals surface area contributed by atoms with Gasteiger partial charge in [0, 0.05) is 5.69 Å². The highest BCUT2D eigenvalue weighted by molar-refractivity contribution is 5.81. The fourth-order valence-electron chi connectivity index (χ4n) is 2.39. The molecule has 9 heteroatoms. The topological polar surface area (TPSA) is 88.3 Å². The molecule has 0 radical (unpaired) electrons. The molecule has 0 amide bonds. The molecule has 2 aromatic carbocycles. The van der Waals surface area contributed by atoms with E-state index in [1.54, 1.807) is 16.7 Å². The molecule has 0 saturated carbocycles. The Hall–Kier alpha value is -3.10. The smallest absolute Gasteiger partial charge is 0.492 e. The third kappa shape index (κ3) is 4.06. The quantitative estimate of drug-likeness (QED) is 0.689. The van der Waals surface area contributed by atoms with Crippen molar-refractivity contribution in [2.75, 3.05) is 18.1 Å². The van der Waals surface area contributed by atoms with Crippen LogP contribution in [0, 0.1) is 0 Å². The van der Waals surface area contributed by atoms with Gasteiger partial charge in [0.15, 0.2) is 0 Å². The summed E-state index contributed by atoms with van der Waals surface area (Å²) in [6, 6.07) is 10.5. The second kappa shape index (κ2) is 6.42. The van der Waals surface area contributed by atoms with Crippen molar-refractivity contribution in [3.8, 4) is 11.5 Å². The van der Waals surface area contributed by atoms with Gasteiger partial charge in [-0.15, -0.1) is 13.2 Å². The number of anilines is 2. The summed E-state index contributed by atoms with van der Waals surface area (Å²) in [7, 11) is 0. The standard InChI is InChI=1S/C16H15F3N4O2/c17-16(18,19)25-12-4-2-11(3-5-12)24-8-7-23-14-6-1-10(20)9-13(14)22-15(23)21/h1-6,9H,7-8,20H2,(H2,21,22). The Morgan fingerprint density at radius 2 is 1.68 bits per heavy atom. The number of hydrogen-bond acceptors (Lipinski definition) is 5. The first-order chi connectivity index (χ1) is 11.8. The van der Waals surface area contributed by atoms with E-state index in [2.05, 4.69) is 9.72 Å². The number of ether oxygens (including phenoxy) is 2. The van der Waals surface area contributed by atoms with Gasteiger partial charge in [-0.1, -0.05) is 0 Å². The van der Waals surface area contributed by atoms with Crippen LogP contribution in [0.4, 0.5) is 24.8 Å². The van der Waals surface area contributed by atoms with Crippen molar-refractivity contribution in [3.05, 3.63) is 42.5 Å². The molecule has 0 fully saturated rings. The number of nitrogen functional groups attached to an aromatic ring is 2. The van der Waals surface area contributed by atoms with Gasteiger partial charge in [-0.2, -0.15) is 0 Å². The van der Waals surface area contributed by atoms with Crippen molar-refractivity contribution in [1.82, 2.24) is 9.55 Å². The highest BCUT2D eigenvalue weighted by Crippen LogP contribution is 2.25. The van der Waals surface area contributed by atoms with E-state index < -0.39 is 6.36 Å². The molecule has 25 heavy (non-hydrogen) atoms. The van der Waals surface area contributed by atoms with Crippen molar-refractivity contribution in [2.45, 2.75) is 12.9 Å². The molecule has 0 saturated heterocycles. The SMILES string of the molecule is Nc1ccc2c(c1)nc(N)n2CCOc1ccc(OC(F)(F)F)cc1. The molecule has 0 spiro atoms. The summed E-state index contributed by atoms with van der Waals surface area (Å²) in [5.41, 5.74) is 13.7. The number of aromatic nitrogens is 2. The third-order valence-electron chi connectivity index (χ3n) is 3.44. The van der Waals surface area contributed by atoms with Crippen LogP contribution in [-0.2, 0) is 6.54 Å². The highest BCUT2D eigenvalue weighted by atomic mass is 19.4. The molecule has 6 nitrogen and oxygen atoms in total. The molecule has 1 heterocycles. The lowest BCUT2D eigenvalue weighted by atomic mass is 10.3. The van der Waals surface area contributed by atoms with Gasteiger partial charge in [0.2, 0.25) is 5.95 Å². The molecule has 0 aliphatic heterocycles. The summed E-state index contributed by atoms with van der Waals surface area (Å²) in [4.78, 5) is 4.23. The molecule has 0 unspecified atom stereocenters. The maximum atomic E-state index is 12.1. The summed E-state index contributed by atoms with van der Waals surface area (Å²) < 4.78 is 47.4. The number of halogens is 3. The number of nitrogens with zero attached hydrogens (tertiary/aromatic N) is 2. The molecule has 0 bridgehead atoms. The van der Waals surface area contributed by atoms with Crippen LogP contribution in [0.25, 0.3) is 11.0 Å². The number of hydrogen-bond donors (Lipinski definition) is 2. The van der Waals surface area contributed by atoms with Crippen LogP contribution < -0.4 is 20.9 Å². The van der Waals surface area contributed by atoms with Crippen LogP contribution in [0.1, 0.15) is 0 Å². The number of rotatable bonds is 5. The molecular formula is C16H15F3N4O2. The molecule has 0 aliphatic rings. The molecule has 3 rings (SSSR count). The maximum Gasteiger partial charge on any atom is 0.573 e. The minimum absolute atomic E-state index is 0.263. The lowest BCUT2D eigenvalue weighted by molar-refractivity contribution is -0.274. The van der Waals surface area contributed by atoms with Crippen molar-refractivity contribution in [1.29, 1.82) is 0 Å². The summed E-state index contributed by atoms with van der Waals surface area (Å²) in [5, 5.41) is 0. The predicted molar refractivity (Wildman–Crippen MR) is 87.2 cm³/mol. The zero-order chi connectivity index (χ0) is 18.0. The lowest BCUT2D eigenvalue weighted by Crippen LogP contribution is -2.17. The van der Waals surface area contributed by atoms with Crippen LogP contribution in [0.5, 0.6) is 11.5 Å². The summed E-state index contributed by atoms with van der Waals surface area (Å²) in [6.07, 6.45) is -4.72. The van der Waals surface area contributed by atoms with E-state index in [0.29, 0.717) is 29.4 Å². The highest BCUT2D eigenvalue weighted by Gasteiger charge is 2.30. The van der Waals surface area contributed by atoms with Crippen molar-refractivity contribution < 1.29 is 22.6 Å². The van der Waals surface area contributed by atoms with E-state index in [4.69, 9.17) is 16.2 Å². The summed E-state index contributed by atoms with van der Waals surface area (Å²) in [5.74, 6) is 0.446. The van der Waals surface area contributed by atoms with Crippen molar-refractivity contribution >= 4 is 22.7 Å². The zero-order valence-corrected chi connectivity index (χ0v) is 13.0. The maximum absolute atomic E-state index is 12.1. The first-order valence-corrected chi connectivity index (χ1v) is 7.32. The van der Waals surface area contributed by atoms with E-state index in [-0.39, 0.29) is 12.4 Å². The number of imidazole rings is 1. The Kier molecular flexibility index (Phi) is 4.30. The molecule has 4 N–H and O–H groups in total. The van der Waals surface area contributed by atoms with Crippen LogP contribution in [0.15, 0.2) is 42.5 Å². The van der Waals surface area contributed by atoms with Gasteiger partial charge in [0.1, 0.15) is 18.1 Å². The summed E-state index contributed by atoms with van der Waals surface area (Å²) in [6.45, 7) is 0.687. The Morgan fingerprint density at radius 3 is 2.36 bits per heavy atom. The van der Waals surface area contributed by atoms with Crippen molar-refractivity contribution in [2.24, 2.45) is 0 Å². The molecule has 0 atom stereocenters. The Morgan fingerprint density at radius 1 is 1.00 bits per heavy atom. The Labute approximate surface area is 140 Å². The minimum atomic E-state index is -4.72. The van der Waals surface area contributed by atoms with Crippen LogP contribution in [-0.4, -0.2) is 22.5 Å². The largest absolute Gasteiger partial charge is 0.573 e. The van der Waals surface area contributed by atoms with Gasteiger partial charge in [0.25, 0.3) is 0 Å². The van der Waals surface area contributed by atoms with Crippen LogP contribution >= 0.6 is 0 Å². The number of benzene rings is 2. The van der Waals surface area contributed by atoms with E-state index in [1.807, 2.05) is 6.07 Å². The number of nitrogens with two attached hydrogens (primary N) is 2. The third-order valence-corrected chi connectivity index (χ3v) is 3.44.